The number of sulfonamides is 1. The van der Waals surface area contributed by atoms with Crippen LogP contribution >= 0.6 is 31.9 Å². The van der Waals surface area contributed by atoms with Crippen molar-refractivity contribution in [3.8, 4) is 0 Å². The number of halogens is 3. The van der Waals surface area contributed by atoms with Crippen LogP contribution in [0.5, 0.6) is 0 Å². The van der Waals surface area contributed by atoms with Crippen molar-refractivity contribution in [1.29, 1.82) is 0 Å². The van der Waals surface area contributed by atoms with Crippen LogP contribution in [0.3, 0.4) is 0 Å². The maximum atomic E-state index is 13.6. The summed E-state index contributed by atoms with van der Waals surface area (Å²) in [5.41, 5.74) is -0.275. The number of furan rings is 1. The summed E-state index contributed by atoms with van der Waals surface area (Å²) in [5, 5.41) is 8.76. The van der Waals surface area contributed by atoms with E-state index in [1.54, 1.807) is 0 Å². The number of hydrogen-bond donors (Lipinski definition) is 2. The number of anilines is 1. The van der Waals surface area contributed by atoms with Crippen LogP contribution in [0.2, 0.25) is 0 Å². The van der Waals surface area contributed by atoms with E-state index >= 15 is 0 Å². The summed E-state index contributed by atoms with van der Waals surface area (Å²) in [7, 11) is -4.20. The molecule has 21 heavy (non-hydrogen) atoms. The summed E-state index contributed by atoms with van der Waals surface area (Å²) >= 11 is 5.86. The number of carboxylic acid groups (broad SMARTS) is 1. The van der Waals surface area contributed by atoms with Gasteiger partial charge in [0.2, 0.25) is 5.76 Å². The first kappa shape index (κ1) is 16.0. The van der Waals surface area contributed by atoms with Gasteiger partial charge in [0.05, 0.1) is 5.69 Å². The third-order valence-corrected chi connectivity index (χ3v) is 5.05. The van der Waals surface area contributed by atoms with Gasteiger partial charge in [0, 0.05) is 10.5 Å². The molecule has 0 unspecified atom stereocenters. The molecule has 2 aromatic rings. The highest BCUT2D eigenvalue weighted by Gasteiger charge is 2.25. The van der Waals surface area contributed by atoms with Crippen LogP contribution in [0, 0.1) is 5.82 Å². The molecule has 1 aromatic carbocycles. The number of carboxylic acids is 1. The molecule has 0 fully saturated rings. The number of hydrogen-bond acceptors (Lipinski definition) is 4. The van der Waals surface area contributed by atoms with Crippen molar-refractivity contribution in [2.75, 3.05) is 4.72 Å². The van der Waals surface area contributed by atoms with Crippen LogP contribution in [-0.4, -0.2) is 19.5 Å². The molecular weight excluding hydrogens is 437 g/mol. The number of benzene rings is 1. The first-order valence-electron chi connectivity index (χ1n) is 5.21. The average molecular weight is 443 g/mol. The zero-order valence-electron chi connectivity index (χ0n) is 9.93. The van der Waals surface area contributed by atoms with Crippen molar-refractivity contribution in [2.45, 2.75) is 4.90 Å². The number of rotatable bonds is 4. The largest absolute Gasteiger partial charge is 0.475 e. The Bertz CT molecular complexity index is 818. The third-order valence-electron chi connectivity index (χ3n) is 2.33. The summed E-state index contributed by atoms with van der Waals surface area (Å²) in [6.45, 7) is 0. The molecule has 0 spiro atoms. The van der Waals surface area contributed by atoms with Gasteiger partial charge < -0.3 is 9.52 Å². The summed E-state index contributed by atoms with van der Waals surface area (Å²) in [6, 6.07) is 4.59. The van der Waals surface area contributed by atoms with Crippen molar-refractivity contribution in [3.63, 3.8) is 0 Å². The Balaban J connectivity index is 2.41. The predicted octanol–water partition coefficient (Wildman–Crippen LogP) is 3.44. The van der Waals surface area contributed by atoms with E-state index in [1.807, 2.05) is 4.72 Å². The minimum absolute atomic E-state index is 0.275. The van der Waals surface area contributed by atoms with Crippen LogP contribution in [0.1, 0.15) is 10.6 Å². The highest BCUT2D eigenvalue weighted by molar-refractivity contribution is 9.10. The molecule has 112 valence electrons. The average Bonchev–Trinajstić information content (AvgIpc) is 2.76. The van der Waals surface area contributed by atoms with Crippen LogP contribution in [0.4, 0.5) is 10.1 Å². The second-order valence-corrected chi connectivity index (χ2v) is 7.07. The van der Waals surface area contributed by atoms with E-state index in [1.165, 1.54) is 12.1 Å². The van der Waals surface area contributed by atoms with E-state index < -0.39 is 32.5 Å². The minimum Gasteiger partial charge on any atom is -0.475 e. The lowest BCUT2D eigenvalue weighted by molar-refractivity contribution is 0.0661. The second-order valence-electron chi connectivity index (χ2n) is 3.78. The number of carbonyl (C=O) groups is 1. The molecule has 6 nitrogen and oxygen atoms in total. The van der Waals surface area contributed by atoms with Gasteiger partial charge >= 0.3 is 5.97 Å². The Morgan fingerprint density at radius 2 is 1.95 bits per heavy atom. The first-order chi connectivity index (χ1) is 9.70. The topological polar surface area (TPSA) is 96.6 Å². The van der Waals surface area contributed by atoms with Crippen LogP contribution in [-0.2, 0) is 10.0 Å². The van der Waals surface area contributed by atoms with Gasteiger partial charge in [-0.2, -0.15) is 0 Å². The fraction of sp³-hybridized carbons (Fsp3) is 0. The van der Waals surface area contributed by atoms with Crippen molar-refractivity contribution < 1.29 is 27.1 Å². The minimum atomic E-state index is -4.20. The quantitative estimate of drug-likeness (QED) is 0.755. The third kappa shape index (κ3) is 3.44. The van der Waals surface area contributed by atoms with Crippen molar-refractivity contribution in [3.05, 3.63) is 45.0 Å². The molecule has 2 N–H and O–H groups in total. The van der Waals surface area contributed by atoms with Crippen molar-refractivity contribution >= 4 is 53.5 Å². The molecule has 0 saturated heterocycles. The summed E-state index contributed by atoms with van der Waals surface area (Å²) in [6.07, 6.45) is 0. The number of aromatic carboxylic acids is 1. The molecule has 1 heterocycles. The van der Waals surface area contributed by atoms with E-state index in [0.717, 1.165) is 12.1 Å². The van der Waals surface area contributed by atoms with Gasteiger partial charge in [-0.25, -0.2) is 17.6 Å². The number of nitrogens with one attached hydrogen (secondary N) is 1. The SMILES string of the molecule is O=C(O)c1cc(S(=O)(=O)Nc2ccc(Br)cc2F)c(Br)o1. The molecule has 0 aliphatic rings. The van der Waals surface area contributed by atoms with Gasteiger partial charge in [0.1, 0.15) is 10.7 Å². The van der Waals surface area contributed by atoms with Gasteiger partial charge in [0.15, 0.2) is 4.67 Å². The molecule has 0 aliphatic carbocycles. The van der Waals surface area contributed by atoms with E-state index in [2.05, 4.69) is 31.9 Å². The van der Waals surface area contributed by atoms with Crippen LogP contribution in [0.15, 0.2) is 42.7 Å². The predicted molar refractivity (Wildman–Crippen MR) is 78.3 cm³/mol. The summed E-state index contributed by atoms with van der Waals surface area (Å²) < 4.78 is 44.8. The smallest absolute Gasteiger partial charge is 0.371 e. The van der Waals surface area contributed by atoms with E-state index in [0.29, 0.717) is 4.47 Å². The molecule has 0 aliphatic heterocycles. The Hall–Kier alpha value is -1.39. The van der Waals surface area contributed by atoms with Gasteiger partial charge in [-0.15, -0.1) is 0 Å². The highest BCUT2D eigenvalue weighted by Crippen LogP contribution is 2.29. The molecule has 0 saturated carbocycles. The lowest BCUT2D eigenvalue weighted by Gasteiger charge is -2.07. The van der Waals surface area contributed by atoms with Gasteiger partial charge in [0.25, 0.3) is 10.0 Å². The Morgan fingerprint density at radius 3 is 2.48 bits per heavy atom. The van der Waals surface area contributed by atoms with Gasteiger partial charge in [-0.1, -0.05) is 15.9 Å². The molecule has 10 heteroatoms. The molecule has 1 aromatic heterocycles. The van der Waals surface area contributed by atoms with Gasteiger partial charge in [-0.3, -0.25) is 4.72 Å². The standard InChI is InChI=1S/C11H6Br2FNO5S/c12-5-1-2-7(6(14)3-5)15-21(18,19)9-4-8(11(16)17)20-10(9)13/h1-4,15H,(H,16,17). The lowest BCUT2D eigenvalue weighted by Crippen LogP contribution is -2.13. The van der Waals surface area contributed by atoms with Gasteiger partial charge in [-0.05, 0) is 34.1 Å². The van der Waals surface area contributed by atoms with Crippen LogP contribution < -0.4 is 4.72 Å². The second kappa shape index (κ2) is 5.78. The maximum Gasteiger partial charge on any atom is 0.371 e. The Labute approximate surface area is 135 Å². The highest BCUT2D eigenvalue weighted by atomic mass is 79.9. The fourth-order valence-corrected chi connectivity index (χ4v) is 3.75. The summed E-state index contributed by atoms with van der Waals surface area (Å²) in [4.78, 5) is 10.3. The zero-order valence-corrected chi connectivity index (χ0v) is 13.9. The molecular formula is C11H6Br2FNO5S. The van der Waals surface area contributed by atoms with E-state index in [4.69, 9.17) is 9.52 Å². The first-order valence-corrected chi connectivity index (χ1v) is 8.28. The molecule has 0 atom stereocenters. The van der Waals surface area contributed by atoms with Crippen molar-refractivity contribution in [1.82, 2.24) is 0 Å². The molecule has 2 rings (SSSR count). The molecule has 0 radical (unpaired) electrons. The molecule has 0 bridgehead atoms. The Morgan fingerprint density at radius 1 is 1.29 bits per heavy atom. The lowest BCUT2D eigenvalue weighted by atomic mass is 10.3. The van der Waals surface area contributed by atoms with Crippen LogP contribution in [0.25, 0.3) is 0 Å². The molecule has 0 amide bonds. The normalized spacial score (nSPS) is 11.4. The zero-order chi connectivity index (χ0) is 15.8. The Kier molecular flexibility index (Phi) is 4.40. The monoisotopic (exact) mass is 441 g/mol. The maximum absolute atomic E-state index is 13.6. The van der Waals surface area contributed by atoms with E-state index in [-0.39, 0.29) is 10.4 Å². The van der Waals surface area contributed by atoms with Crippen molar-refractivity contribution in [2.24, 2.45) is 0 Å². The fourth-order valence-electron chi connectivity index (χ4n) is 1.41. The summed E-state index contributed by atoms with van der Waals surface area (Å²) in [5.74, 6) is -2.77. The van der Waals surface area contributed by atoms with E-state index in [9.17, 15) is 17.6 Å².